The highest BCUT2D eigenvalue weighted by Crippen LogP contribution is 2.32. The Bertz CT molecular complexity index is 612. The van der Waals surface area contributed by atoms with Crippen LogP contribution in [0.15, 0.2) is 24.3 Å². The number of hydrogen-bond acceptors (Lipinski definition) is 3. The van der Waals surface area contributed by atoms with Crippen molar-refractivity contribution in [2.45, 2.75) is 58.5 Å². The van der Waals surface area contributed by atoms with E-state index in [0.29, 0.717) is 25.4 Å². The predicted octanol–water partition coefficient (Wildman–Crippen LogP) is 4.20. The zero-order chi connectivity index (χ0) is 18.6. The number of aliphatic carboxylic acids is 1. The topological polar surface area (TPSA) is 66.8 Å². The lowest BCUT2D eigenvalue weighted by atomic mass is 9.82. The molecule has 5 nitrogen and oxygen atoms in total. The van der Waals surface area contributed by atoms with Gasteiger partial charge in [0.2, 0.25) is 0 Å². The van der Waals surface area contributed by atoms with E-state index in [1.165, 1.54) is 0 Å². The number of carboxylic acids is 1. The average Bonchev–Trinajstić information content (AvgIpc) is 2.52. The Morgan fingerprint density at radius 1 is 1.24 bits per heavy atom. The van der Waals surface area contributed by atoms with Gasteiger partial charge < -0.3 is 14.7 Å². The number of carbonyl (C=O) groups excluding carboxylic acids is 1. The highest BCUT2D eigenvalue weighted by atomic mass is 16.6. The van der Waals surface area contributed by atoms with Crippen LogP contribution in [-0.2, 0) is 9.53 Å². The first-order valence-corrected chi connectivity index (χ1v) is 8.93. The first-order chi connectivity index (χ1) is 11.7. The van der Waals surface area contributed by atoms with Gasteiger partial charge in [-0.3, -0.25) is 4.79 Å². The van der Waals surface area contributed by atoms with Crippen molar-refractivity contribution >= 4 is 12.1 Å². The molecule has 1 aliphatic rings. The van der Waals surface area contributed by atoms with Crippen LogP contribution in [0.2, 0.25) is 0 Å². The van der Waals surface area contributed by atoms with Crippen LogP contribution in [0.3, 0.4) is 0 Å². The van der Waals surface area contributed by atoms with E-state index in [2.05, 4.69) is 0 Å². The third-order valence-electron chi connectivity index (χ3n) is 4.70. The first-order valence-electron chi connectivity index (χ1n) is 8.93. The summed E-state index contributed by atoms with van der Waals surface area (Å²) < 4.78 is 5.41. The number of benzene rings is 1. The van der Waals surface area contributed by atoms with Crippen molar-refractivity contribution in [2.24, 2.45) is 5.92 Å². The van der Waals surface area contributed by atoms with Crippen LogP contribution in [0.25, 0.3) is 0 Å². The number of ether oxygens (including phenoxy) is 1. The van der Waals surface area contributed by atoms with Gasteiger partial charge in [-0.1, -0.05) is 24.3 Å². The van der Waals surface area contributed by atoms with E-state index >= 15 is 0 Å². The largest absolute Gasteiger partial charge is 0.481 e. The van der Waals surface area contributed by atoms with E-state index in [0.717, 1.165) is 24.0 Å². The summed E-state index contributed by atoms with van der Waals surface area (Å²) in [6.45, 7) is 8.78. The quantitative estimate of drug-likeness (QED) is 0.886. The van der Waals surface area contributed by atoms with Crippen LogP contribution >= 0.6 is 0 Å². The van der Waals surface area contributed by atoms with Crippen LogP contribution in [0.1, 0.15) is 57.1 Å². The Hall–Kier alpha value is -2.04. The Balaban J connectivity index is 1.95. The number of nitrogens with zero attached hydrogens (tertiary/aromatic N) is 1. The maximum absolute atomic E-state index is 12.1. The van der Waals surface area contributed by atoms with E-state index in [9.17, 15) is 14.7 Å². The number of likely N-dealkylation sites (tertiary alicyclic amines) is 1. The second-order valence-corrected chi connectivity index (χ2v) is 7.89. The molecule has 0 aromatic heterocycles. The van der Waals surface area contributed by atoms with E-state index in [1.54, 1.807) is 4.90 Å². The Kier molecular flexibility index (Phi) is 6.09. The summed E-state index contributed by atoms with van der Waals surface area (Å²) >= 11 is 0. The van der Waals surface area contributed by atoms with E-state index in [-0.39, 0.29) is 6.09 Å². The van der Waals surface area contributed by atoms with Crippen molar-refractivity contribution in [1.82, 2.24) is 4.90 Å². The smallest absolute Gasteiger partial charge is 0.410 e. The van der Waals surface area contributed by atoms with Crippen LogP contribution in [-0.4, -0.2) is 40.8 Å². The molecule has 1 amide bonds. The van der Waals surface area contributed by atoms with Crippen molar-refractivity contribution in [3.63, 3.8) is 0 Å². The molecule has 1 atom stereocenters. The lowest BCUT2D eigenvalue weighted by molar-refractivity contribution is -0.139. The molecule has 0 saturated carbocycles. The standard InChI is InChI=1S/C20H29NO4/c1-14-7-5-6-8-16(14)17(18(22)23)13-15-9-11-21(12-10-15)19(24)25-20(2,3)4/h5-8,15,17H,9-13H2,1-4H3,(H,22,23). The summed E-state index contributed by atoms with van der Waals surface area (Å²) in [5, 5.41) is 9.67. The Morgan fingerprint density at radius 2 is 1.84 bits per heavy atom. The summed E-state index contributed by atoms with van der Waals surface area (Å²) in [7, 11) is 0. The van der Waals surface area contributed by atoms with Gasteiger partial charge in [-0.05, 0) is 64.0 Å². The molecule has 138 valence electrons. The lowest BCUT2D eigenvalue weighted by Crippen LogP contribution is -2.42. The van der Waals surface area contributed by atoms with Crippen LogP contribution in [0.5, 0.6) is 0 Å². The summed E-state index contributed by atoms with van der Waals surface area (Å²) in [4.78, 5) is 25.6. The minimum absolute atomic E-state index is 0.278. The second kappa shape index (κ2) is 7.89. The average molecular weight is 347 g/mol. The fourth-order valence-electron chi connectivity index (χ4n) is 3.35. The molecular weight excluding hydrogens is 318 g/mol. The molecule has 1 unspecified atom stereocenters. The minimum atomic E-state index is -0.774. The zero-order valence-electron chi connectivity index (χ0n) is 15.6. The van der Waals surface area contributed by atoms with Gasteiger partial charge in [-0.2, -0.15) is 0 Å². The number of amides is 1. The SMILES string of the molecule is Cc1ccccc1C(CC1CCN(C(=O)OC(C)(C)C)CC1)C(=O)O. The van der Waals surface area contributed by atoms with Crippen molar-refractivity contribution in [1.29, 1.82) is 0 Å². The number of hydrogen-bond donors (Lipinski definition) is 1. The molecule has 1 heterocycles. The molecule has 0 aliphatic carbocycles. The van der Waals surface area contributed by atoms with Gasteiger partial charge in [-0.15, -0.1) is 0 Å². The number of carboxylic acid groups (broad SMARTS) is 1. The van der Waals surface area contributed by atoms with Crippen molar-refractivity contribution in [3.05, 3.63) is 35.4 Å². The highest BCUT2D eigenvalue weighted by Gasteiger charge is 2.30. The number of rotatable bonds is 4. The van der Waals surface area contributed by atoms with Gasteiger partial charge in [0.25, 0.3) is 0 Å². The fraction of sp³-hybridized carbons (Fsp3) is 0.600. The molecule has 1 fully saturated rings. The van der Waals surface area contributed by atoms with Gasteiger partial charge in [0.15, 0.2) is 0 Å². The normalized spacial score (nSPS) is 17.2. The zero-order valence-corrected chi connectivity index (χ0v) is 15.6. The molecule has 0 spiro atoms. The molecular formula is C20H29NO4. The van der Waals surface area contributed by atoms with Gasteiger partial charge in [-0.25, -0.2) is 4.79 Å². The summed E-state index contributed by atoms with van der Waals surface area (Å²) in [5.74, 6) is -0.956. The molecule has 0 bridgehead atoms. The van der Waals surface area contributed by atoms with Crippen LogP contribution < -0.4 is 0 Å². The molecule has 5 heteroatoms. The molecule has 25 heavy (non-hydrogen) atoms. The molecule has 1 aliphatic heterocycles. The molecule has 1 N–H and O–H groups in total. The number of carbonyl (C=O) groups is 2. The first kappa shape index (κ1) is 19.3. The predicted molar refractivity (Wildman–Crippen MR) is 96.7 cm³/mol. The lowest BCUT2D eigenvalue weighted by Gasteiger charge is -2.34. The van der Waals surface area contributed by atoms with Gasteiger partial charge in [0.05, 0.1) is 5.92 Å². The van der Waals surface area contributed by atoms with Crippen LogP contribution in [0.4, 0.5) is 4.79 Å². The van der Waals surface area contributed by atoms with Gasteiger partial charge >= 0.3 is 12.1 Å². The Morgan fingerprint density at radius 3 is 2.36 bits per heavy atom. The summed E-state index contributed by atoms with van der Waals surface area (Å²) in [6, 6.07) is 7.68. The van der Waals surface area contributed by atoms with E-state index in [4.69, 9.17) is 4.74 Å². The maximum atomic E-state index is 12.1. The number of aryl methyl sites for hydroxylation is 1. The Labute approximate surface area is 150 Å². The molecule has 1 saturated heterocycles. The highest BCUT2D eigenvalue weighted by molar-refractivity contribution is 5.76. The van der Waals surface area contributed by atoms with E-state index < -0.39 is 17.5 Å². The maximum Gasteiger partial charge on any atom is 0.410 e. The third-order valence-corrected chi connectivity index (χ3v) is 4.70. The third kappa shape index (κ3) is 5.48. The van der Waals surface area contributed by atoms with Crippen molar-refractivity contribution < 1.29 is 19.4 Å². The second-order valence-electron chi connectivity index (χ2n) is 7.89. The van der Waals surface area contributed by atoms with E-state index in [1.807, 2.05) is 52.0 Å². The van der Waals surface area contributed by atoms with Crippen molar-refractivity contribution in [3.8, 4) is 0 Å². The fourth-order valence-corrected chi connectivity index (χ4v) is 3.35. The molecule has 1 aromatic carbocycles. The molecule has 0 radical (unpaired) electrons. The monoisotopic (exact) mass is 347 g/mol. The summed E-state index contributed by atoms with van der Waals surface area (Å²) in [6.07, 6.45) is 1.96. The number of piperidine rings is 1. The summed E-state index contributed by atoms with van der Waals surface area (Å²) in [5.41, 5.74) is 1.42. The van der Waals surface area contributed by atoms with Gasteiger partial charge in [0, 0.05) is 13.1 Å². The van der Waals surface area contributed by atoms with Crippen molar-refractivity contribution in [2.75, 3.05) is 13.1 Å². The minimum Gasteiger partial charge on any atom is -0.481 e. The molecule has 1 aromatic rings. The molecule has 2 rings (SSSR count). The van der Waals surface area contributed by atoms with Crippen LogP contribution in [0, 0.1) is 12.8 Å². The van der Waals surface area contributed by atoms with Gasteiger partial charge in [0.1, 0.15) is 5.60 Å².